The molecule has 0 N–H and O–H groups in total. The van der Waals surface area contributed by atoms with Crippen LogP contribution < -0.4 is 10.6 Å². The minimum Gasteiger partial charge on any atom is -0.416 e. The Bertz CT molecular complexity index is 1180. The van der Waals surface area contributed by atoms with E-state index in [1.54, 1.807) is 0 Å². The summed E-state index contributed by atoms with van der Waals surface area (Å²) in [6, 6.07) is 19.9. The molecule has 0 unspecified atom stereocenters. The lowest BCUT2D eigenvalue weighted by Crippen LogP contribution is -2.47. The lowest BCUT2D eigenvalue weighted by Gasteiger charge is -2.44. The third kappa shape index (κ3) is 7.66. The molecule has 1 aliphatic rings. The maximum atomic E-state index is 14.7. The van der Waals surface area contributed by atoms with Crippen LogP contribution >= 0.6 is 7.14 Å². The molecule has 0 amide bonds. The first-order valence-corrected chi connectivity index (χ1v) is 22.5. The van der Waals surface area contributed by atoms with Crippen molar-refractivity contribution in [3.63, 3.8) is 0 Å². The summed E-state index contributed by atoms with van der Waals surface area (Å²) in [5.74, 6) is 0.191. The Morgan fingerprint density at radius 3 is 1.75 bits per heavy atom. The van der Waals surface area contributed by atoms with E-state index in [2.05, 4.69) is 80.4 Å². The number of rotatable bonds is 9. The van der Waals surface area contributed by atoms with Crippen molar-refractivity contribution in [3.05, 3.63) is 84.5 Å². The molecule has 1 fully saturated rings. The number of hydrogen-bond donors (Lipinski definition) is 0. The Hall–Kier alpha value is -1.50. The first kappa shape index (κ1) is 33.0. The summed E-state index contributed by atoms with van der Waals surface area (Å²) >= 11 is 0. The minimum atomic E-state index is -2.83. The number of hydrogen-bond acceptors (Lipinski definition) is 3. The molecule has 1 aliphatic carbocycles. The maximum absolute atomic E-state index is 14.7. The molecule has 220 valence electrons. The summed E-state index contributed by atoms with van der Waals surface area (Å²) in [5, 5.41) is 2.07. The van der Waals surface area contributed by atoms with E-state index in [-0.39, 0.29) is 22.1 Å². The Morgan fingerprint density at radius 1 is 0.825 bits per heavy atom. The molecule has 3 rings (SSSR count). The third-order valence-corrected chi connectivity index (χ3v) is 21.5. The van der Waals surface area contributed by atoms with Gasteiger partial charge in [-0.2, -0.15) is 0 Å². The molecular weight excluding hydrogens is 544 g/mol. The molecule has 0 aromatic heterocycles. The van der Waals surface area contributed by atoms with Crippen LogP contribution in [0.15, 0.2) is 84.5 Å². The van der Waals surface area contributed by atoms with E-state index in [1.807, 2.05) is 60.7 Å². The molecule has 3 nitrogen and oxygen atoms in total. The summed E-state index contributed by atoms with van der Waals surface area (Å²) in [4.78, 5) is 0. The smallest absolute Gasteiger partial charge is 0.192 e. The Morgan fingerprint density at radius 2 is 1.30 bits per heavy atom. The summed E-state index contributed by atoms with van der Waals surface area (Å²) < 4.78 is 28.4. The van der Waals surface area contributed by atoms with Crippen LogP contribution in [0.3, 0.4) is 0 Å². The van der Waals surface area contributed by atoms with Crippen LogP contribution in [0, 0.1) is 5.92 Å². The van der Waals surface area contributed by atoms with Crippen LogP contribution in [0.1, 0.15) is 54.4 Å². The van der Waals surface area contributed by atoms with E-state index >= 15 is 0 Å². The van der Waals surface area contributed by atoms with Gasteiger partial charge < -0.3 is 13.4 Å². The van der Waals surface area contributed by atoms with E-state index < -0.39 is 23.8 Å². The standard InChI is InChI=1S/C34H53O3PSi2/c1-27-29(26-36-39(8,9)33(2,3)4)24-28(25-32(27)37-40(10,11)34(5,6)7)22-23-38(35,30-18-14-12-15-19-30)31-20-16-13-17-21-31/h12-22,29,32H,1,23-26H2,2-11H3/b28-22+/t29-,32-/m0/s1. The lowest BCUT2D eigenvalue weighted by atomic mass is 9.80. The highest BCUT2D eigenvalue weighted by molar-refractivity contribution is 7.78. The average Bonchev–Trinajstić information content (AvgIpc) is 2.87. The molecule has 6 heteroatoms. The summed E-state index contributed by atoms with van der Waals surface area (Å²) in [7, 11) is -6.77. The van der Waals surface area contributed by atoms with Crippen molar-refractivity contribution in [2.24, 2.45) is 5.92 Å². The molecule has 0 spiro atoms. The van der Waals surface area contributed by atoms with Gasteiger partial charge in [0.1, 0.15) is 7.14 Å². The monoisotopic (exact) mass is 596 g/mol. The van der Waals surface area contributed by atoms with Gasteiger partial charge in [0.05, 0.1) is 6.10 Å². The molecule has 0 bridgehead atoms. The summed E-state index contributed by atoms with van der Waals surface area (Å²) in [6.07, 6.45) is 4.42. The fourth-order valence-corrected chi connectivity index (χ4v) is 9.52. The van der Waals surface area contributed by atoms with Crippen molar-refractivity contribution in [3.8, 4) is 0 Å². The van der Waals surface area contributed by atoms with E-state index in [1.165, 1.54) is 5.57 Å². The summed E-state index contributed by atoms with van der Waals surface area (Å²) in [6.45, 7) is 28.2. The molecule has 0 heterocycles. The highest BCUT2D eigenvalue weighted by Crippen LogP contribution is 2.46. The largest absolute Gasteiger partial charge is 0.416 e. The second-order valence-corrected chi connectivity index (χ2v) is 27.0. The second kappa shape index (κ2) is 12.4. The molecule has 40 heavy (non-hydrogen) atoms. The highest BCUT2D eigenvalue weighted by Gasteiger charge is 2.43. The van der Waals surface area contributed by atoms with Crippen molar-refractivity contribution in [1.82, 2.24) is 0 Å². The van der Waals surface area contributed by atoms with Gasteiger partial charge in [0.25, 0.3) is 0 Å². The zero-order chi connectivity index (χ0) is 30.0. The third-order valence-electron chi connectivity index (χ3n) is 9.57. The zero-order valence-corrected chi connectivity index (χ0v) is 29.6. The molecule has 0 aliphatic heterocycles. The van der Waals surface area contributed by atoms with E-state index in [0.29, 0.717) is 12.8 Å². The fraction of sp³-hybridized carbons (Fsp3) is 0.529. The van der Waals surface area contributed by atoms with Gasteiger partial charge in [-0.05, 0) is 54.7 Å². The van der Waals surface area contributed by atoms with E-state index in [0.717, 1.165) is 29.0 Å². The fourth-order valence-electron chi connectivity index (χ4n) is 4.63. The van der Waals surface area contributed by atoms with Gasteiger partial charge in [0.15, 0.2) is 16.6 Å². The number of allylic oxidation sites excluding steroid dienone is 1. The SMILES string of the molecule is C=C1[C@H](CO[Si](C)(C)C(C)(C)C)C/C(=C\CP(=O)(c2ccccc2)c2ccccc2)C[C@@H]1O[Si](C)(C)C(C)(C)C. The zero-order valence-electron chi connectivity index (χ0n) is 26.7. The Balaban J connectivity index is 1.96. The van der Waals surface area contributed by atoms with Crippen LogP contribution in [-0.2, 0) is 13.4 Å². The predicted octanol–water partition coefficient (Wildman–Crippen LogP) is 9.31. The topological polar surface area (TPSA) is 35.5 Å². The van der Waals surface area contributed by atoms with Gasteiger partial charge in [-0.3, -0.25) is 0 Å². The summed E-state index contributed by atoms with van der Waals surface area (Å²) in [5.41, 5.74) is 2.47. The average molecular weight is 597 g/mol. The van der Waals surface area contributed by atoms with Crippen LogP contribution in [0.25, 0.3) is 0 Å². The van der Waals surface area contributed by atoms with Crippen molar-refractivity contribution in [2.75, 3.05) is 12.8 Å². The van der Waals surface area contributed by atoms with Crippen molar-refractivity contribution < 1.29 is 13.4 Å². The Labute approximate surface area is 247 Å². The first-order valence-electron chi connectivity index (χ1n) is 14.8. The van der Waals surface area contributed by atoms with Gasteiger partial charge in [-0.25, -0.2) is 0 Å². The molecule has 2 aromatic rings. The van der Waals surface area contributed by atoms with Crippen LogP contribution in [-0.4, -0.2) is 35.5 Å². The Kier molecular flexibility index (Phi) is 10.2. The molecule has 0 saturated heterocycles. The first-order chi connectivity index (χ1) is 18.4. The van der Waals surface area contributed by atoms with E-state index in [4.69, 9.17) is 8.85 Å². The van der Waals surface area contributed by atoms with Crippen molar-refractivity contribution in [1.29, 1.82) is 0 Å². The van der Waals surface area contributed by atoms with Gasteiger partial charge in [-0.1, -0.05) is 120 Å². The molecule has 2 atom stereocenters. The molecule has 1 saturated carbocycles. The van der Waals surface area contributed by atoms with Crippen molar-refractivity contribution in [2.45, 2.75) is 96.8 Å². The maximum Gasteiger partial charge on any atom is 0.192 e. The molecular formula is C34H53O3PSi2. The molecule has 0 radical (unpaired) electrons. The van der Waals surface area contributed by atoms with Gasteiger partial charge in [0.2, 0.25) is 0 Å². The molecule has 2 aromatic carbocycles. The highest BCUT2D eigenvalue weighted by atomic mass is 31.2. The lowest BCUT2D eigenvalue weighted by molar-refractivity contribution is 0.161. The van der Waals surface area contributed by atoms with Crippen LogP contribution in [0.4, 0.5) is 0 Å². The van der Waals surface area contributed by atoms with Gasteiger partial charge in [-0.15, -0.1) is 0 Å². The van der Waals surface area contributed by atoms with E-state index in [9.17, 15) is 4.57 Å². The van der Waals surface area contributed by atoms with Crippen LogP contribution in [0.5, 0.6) is 0 Å². The predicted molar refractivity (Wildman–Crippen MR) is 180 cm³/mol. The minimum absolute atomic E-state index is 0.0401. The normalized spacial score (nSPS) is 20.6. The van der Waals surface area contributed by atoms with Gasteiger partial charge in [0, 0.05) is 29.3 Å². The second-order valence-electron chi connectivity index (χ2n) is 14.6. The number of benzene rings is 2. The van der Waals surface area contributed by atoms with Gasteiger partial charge >= 0.3 is 0 Å². The van der Waals surface area contributed by atoms with Crippen molar-refractivity contribution >= 4 is 34.4 Å². The van der Waals surface area contributed by atoms with Crippen LogP contribution in [0.2, 0.25) is 36.3 Å². The quantitative estimate of drug-likeness (QED) is 0.164.